The van der Waals surface area contributed by atoms with Crippen LogP contribution >= 0.6 is 11.8 Å². The molecule has 3 rings (SSSR count). The predicted octanol–water partition coefficient (Wildman–Crippen LogP) is 0.334. The van der Waals surface area contributed by atoms with Crippen LogP contribution in [0.3, 0.4) is 0 Å². The van der Waals surface area contributed by atoms with E-state index in [-0.39, 0.29) is 0 Å². The molecule has 3 aliphatic rings. The first-order chi connectivity index (χ1) is 10.4. The van der Waals surface area contributed by atoms with Crippen LogP contribution in [-0.2, 0) is 28.4 Å². The highest BCUT2D eigenvalue weighted by Crippen LogP contribution is 2.16. The molecule has 0 aliphatic carbocycles. The van der Waals surface area contributed by atoms with Gasteiger partial charge in [0.2, 0.25) is 0 Å². The summed E-state index contributed by atoms with van der Waals surface area (Å²) < 4.78 is 32.3. The monoisotopic (exact) mass is 320 g/mol. The molecule has 3 saturated heterocycles. The Morgan fingerprint density at radius 3 is 1.76 bits per heavy atom. The molecule has 0 aromatic carbocycles. The second-order valence-corrected chi connectivity index (χ2v) is 6.92. The maximum Gasteiger partial charge on any atom is 0.104 e. The highest BCUT2D eigenvalue weighted by atomic mass is 32.2. The second-order valence-electron chi connectivity index (χ2n) is 5.51. The third-order valence-corrected chi connectivity index (χ3v) is 4.45. The van der Waals surface area contributed by atoms with Gasteiger partial charge in [0.05, 0.1) is 64.7 Å². The van der Waals surface area contributed by atoms with Crippen LogP contribution in [0.5, 0.6) is 0 Å². The lowest BCUT2D eigenvalue weighted by molar-refractivity contribution is 0.0740. The molecule has 21 heavy (non-hydrogen) atoms. The third-order valence-electron chi connectivity index (χ3n) is 3.31. The molecule has 0 saturated carbocycles. The molecular weight excluding hydrogens is 296 g/mol. The molecule has 3 atom stereocenters. The van der Waals surface area contributed by atoms with E-state index in [1.165, 1.54) is 0 Å². The number of epoxide rings is 3. The van der Waals surface area contributed by atoms with E-state index in [0.717, 1.165) is 38.8 Å². The number of ether oxygens (including phenoxy) is 6. The number of hydrogen-bond acceptors (Lipinski definition) is 7. The Morgan fingerprint density at radius 2 is 1.29 bits per heavy atom. The predicted molar refractivity (Wildman–Crippen MR) is 77.9 cm³/mol. The molecule has 0 bridgehead atoms. The largest absolute Gasteiger partial charge is 0.378 e. The molecule has 7 heteroatoms. The topological polar surface area (TPSA) is 65.3 Å². The molecule has 0 radical (unpaired) electrons. The van der Waals surface area contributed by atoms with Crippen molar-refractivity contribution >= 4 is 11.8 Å². The van der Waals surface area contributed by atoms with Gasteiger partial charge in [-0.25, -0.2) is 0 Å². The Kier molecular flexibility index (Phi) is 6.60. The van der Waals surface area contributed by atoms with E-state index >= 15 is 0 Å². The minimum absolute atomic E-state index is 0.318. The van der Waals surface area contributed by atoms with Crippen LogP contribution < -0.4 is 0 Å². The van der Waals surface area contributed by atoms with Crippen LogP contribution in [0.25, 0.3) is 0 Å². The van der Waals surface area contributed by atoms with Gasteiger partial charge in [-0.15, -0.1) is 0 Å². The number of thioether (sulfide) groups is 1. The summed E-state index contributed by atoms with van der Waals surface area (Å²) in [5.41, 5.74) is 0. The third kappa shape index (κ3) is 7.78. The fourth-order valence-corrected chi connectivity index (χ4v) is 2.72. The molecule has 3 unspecified atom stereocenters. The van der Waals surface area contributed by atoms with Gasteiger partial charge in [-0.1, -0.05) is 0 Å². The standard InChI is InChI=1S/C14H24O6S/c1(15-3-11-6-18-11)2-21-14(9-16-4-12-7-19-12)10-17-5-13-8-20-13/h11-14H,1-10H2. The van der Waals surface area contributed by atoms with E-state index in [1.807, 2.05) is 11.8 Å². The molecule has 0 amide bonds. The maximum absolute atomic E-state index is 5.68. The summed E-state index contributed by atoms with van der Waals surface area (Å²) in [4.78, 5) is 0. The SMILES string of the molecule is C(CSC(COCC1CO1)COCC1CO1)OCC1CO1. The summed E-state index contributed by atoms with van der Waals surface area (Å²) in [6.45, 7) is 6.77. The van der Waals surface area contributed by atoms with Crippen LogP contribution in [0.4, 0.5) is 0 Å². The van der Waals surface area contributed by atoms with Crippen LogP contribution in [0.2, 0.25) is 0 Å². The van der Waals surface area contributed by atoms with Gasteiger partial charge in [0.1, 0.15) is 18.3 Å². The molecule has 6 nitrogen and oxygen atoms in total. The van der Waals surface area contributed by atoms with Crippen LogP contribution in [0, 0.1) is 0 Å². The summed E-state index contributed by atoms with van der Waals surface area (Å²) >= 11 is 1.84. The van der Waals surface area contributed by atoms with E-state index in [9.17, 15) is 0 Å². The normalized spacial score (nSPS) is 31.1. The van der Waals surface area contributed by atoms with Gasteiger partial charge in [-0.3, -0.25) is 0 Å². The highest BCUT2D eigenvalue weighted by Gasteiger charge is 2.25. The average molecular weight is 320 g/mol. The van der Waals surface area contributed by atoms with Crippen molar-refractivity contribution in [1.29, 1.82) is 0 Å². The molecule has 0 aromatic rings. The van der Waals surface area contributed by atoms with Crippen molar-refractivity contribution in [3.63, 3.8) is 0 Å². The molecule has 3 fully saturated rings. The van der Waals surface area contributed by atoms with E-state index in [0.29, 0.717) is 50.0 Å². The van der Waals surface area contributed by atoms with Crippen molar-refractivity contribution < 1.29 is 28.4 Å². The van der Waals surface area contributed by atoms with E-state index in [4.69, 9.17) is 28.4 Å². The van der Waals surface area contributed by atoms with Gasteiger partial charge >= 0.3 is 0 Å². The summed E-state index contributed by atoms with van der Waals surface area (Å²) in [7, 11) is 0. The van der Waals surface area contributed by atoms with Crippen molar-refractivity contribution in [2.45, 2.75) is 23.6 Å². The minimum Gasteiger partial charge on any atom is -0.378 e. The van der Waals surface area contributed by atoms with Crippen molar-refractivity contribution in [3.8, 4) is 0 Å². The second kappa shape index (κ2) is 8.67. The fourth-order valence-electron chi connectivity index (χ4n) is 1.79. The quantitative estimate of drug-likeness (QED) is 0.338. The van der Waals surface area contributed by atoms with Crippen molar-refractivity contribution in [2.24, 2.45) is 0 Å². The number of rotatable bonds is 14. The first-order valence-corrected chi connectivity index (χ1v) is 8.64. The number of hydrogen-bond donors (Lipinski definition) is 0. The highest BCUT2D eigenvalue weighted by molar-refractivity contribution is 7.99. The van der Waals surface area contributed by atoms with E-state index in [2.05, 4.69) is 0 Å². The molecule has 3 aliphatic heterocycles. The Bertz CT molecular complexity index is 275. The lowest BCUT2D eigenvalue weighted by Crippen LogP contribution is -2.22. The lowest BCUT2D eigenvalue weighted by Gasteiger charge is -2.16. The van der Waals surface area contributed by atoms with Gasteiger partial charge in [0, 0.05) is 5.75 Å². The molecule has 0 N–H and O–H groups in total. The Balaban J connectivity index is 1.22. The summed E-state index contributed by atoms with van der Waals surface area (Å²) in [6, 6.07) is 0. The fraction of sp³-hybridized carbons (Fsp3) is 1.00. The minimum atomic E-state index is 0.318. The average Bonchev–Trinajstić information content (AvgIpc) is 3.34. The Hall–Kier alpha value is 0.110. The van der Waals surface area contributed by atoms with Gasteiger partial charge in [0.25, 0.3) is 0 Å². The van der Waals surface area contributed by atoms with Crippen LogP contribution in [0.1, 0.15) is 0 Å². The van der Waals surface area contributed by atoms with E-state index < -0.39 is 0 Å². The van der Waals surface area contributed by atoms with Gasteiger partial charge in [-0.2, -0.15) is 11.8 Å². The van der Waals surface area contributed by atoms with E-state index in [1.54, 1.807) is 0 Å². The zero-order valence-corrected chi connectivity index (χ0v) is 13.1. The zero-order chi connectivity index (χ0) is 14.3. The summed E-state index contributed by atoms with van der Waals surface area (Å²) in [5.74, 6) is 0.948. The Morgan fingerprint density at radius 1 is 0.810 bits per heavy atom. The maximum atomic E-state index is 5.68. The van der Waals surface area contributed by atoms with Crippen LogP contribution in [-0.4, -0.2) is 88.8 Å². The van der Waals surface area contributed by atoms with Crippen molar-refractivity contribution in [3.05, 3.63) is 0 Å². The Labute approximate surface area is 129 Å². The summed E-state index contributed by atoms with van der Waals surface area (Å²) in [5, 5.41) is 0.336. The van der Waals surface area contributed by atoms with Gasteiger partial charge in [-0.05, 0) is 0 Å². The van der Waals surface area contributed by atoms with Crippen molar-refractivity contribution in [1.82, 2.24) is 0 Å². The molecule has 122 valence electrons. The van der Waals surface area contributed by atoms with Gasteiger partial charge in [0.15, 0.2) is 0 Å². The first-order valence-electron chi connectivity index (χ1n) is 7.60. The van der Waals surface area contributed by atoms with Gasteiger partial charge < -0.3 is 28.4 Å². The zero-order valence-electron chi connectivity index (χ0n) is 12.2. The summed E-state index contributed by atoms with van der Waals surface area (Å²) in [6.07, 6.45) is 0.978. The first kappa shape index (κ1) is 16.0. The molecule has 3 heterocycles. The lowest BCUT2D eigenvalue weighted by atomic mass is 10.4. The van der Waals surface area contributed by atoms with Crippen LogP contribution in [0.15, 0.2) is 0 Å². The molecular formula is C14H24O6S. The smallest absolute Gasteiger partial charge is 0.104 e. The molecule has 0 spiro atoms. The van der Waals surface area contributed by atoms with Crippen molar-refractivity contribution in [2.75, 3.05) is 65.2 Å². The molecule has 0 aromatic heterocycles.